The first-order valence-electron chi connectivity index (χ1n) is 29.0. The number of rotatable bonds is 10. The van der Waals surface area contributed by atoms with Gasteiger partial charge in [0.25, 0.3) is 0 Å². The second-order valence-electron chi connectivity index (χ2n) is 24.4. The van der Waals surface area contributed by atoms with Gasteiger partial charge in [-0.3, -0.25) is 19.8 Å². The van der Waals surface area contributed by atoms with Crippen molar-refractivity contribution in [1.82, 2.24) is 15.0 Å². The Morgan fingerprint density at radius 1 is 0.422 bits per heavy atom. The number of benzene rings is 7. The standard InChI is InChI=1S/C77H62N6/c1-75(2)65-43-49(15-17-51-21-29-61-63-31-25-57(47-69(63)76(3,4)67(61)45-51)82(55-35-39-78-40-36-55)73-33-23-53-11-7-9-13-71(53)80-73)19-27-59(65)60-28-20-50(44-66(60)75)16-18-52-22-30-62-64-32-26-58(48-70(64)77(5,6)68(62)46-52)83(56-37-41-79-42-38-56)74-34-24-54-12-8-10-14-72(54)81-74/h7-23,25-48,54H,24H2,1-6H3/b17-15+,18-16+. The molecule has 0 saturated carbocycles. The maximum atomic E-state index is 5.21. The van der Waals surface area contributed by atoms with E-state index in [9.17, 15) is 0 Å². The molecule has 15 rings (SSSR count). The van der Waals surface area contributed by atoms with Gasteiger partial charge in [-0.25, -0.2) is 9.98 Å². The first-order chi connectivity index (χ1) is 40.4. The van der Waals surface area contributed by atoms with Gasteiger partial charge >= 0.3 is 0 Å². The third kappa shape index (κ3) is 8.37. The molecule has 0 spiro atoms. The van der Waals surface area contributed by atoms with Crippen LogP contribution in [0.3, 0.4) is 0 Å². The summed E-state index contributed by atoms with van der Waals surface area (Å²) < 4.78 is 0. The van der Waals surface area contributed by atoms with Gasteiger partial charge < -0.3 is 0 Å². The van der Waals surface area contributed by atoms with E-state index in [2.05, 4.69) is 280 Å². The Bertz CT molecular complexity index is 4510. The fourth-order valence-electron chi connectivity index (χ4n) is 13.8. The molecule has 5 aliphatic rings. The Hall–Kier alpha value is -9.78. The summed E-state index contributed by atoms with van der Waals surface area (Å²) in [6, 6.07) is 62.6. The maximum Gasteiger partial charge on any atom is 0.138 e. The molecule has 1 unspecified atom stereocenters. The van der Waals surface area contributed by atoms with Crippen LogP contribution in [-0.4, -0.2) is 20.7 Å². The number of aromatic nitrogens is 3. The van der Waals surface area contributed by atoms with E-state index in [0.717, 1.165) is 57.4 Å². The van der Waals surface area contributed by atoms with Gasteiger partial charge in [0.05, 0.1) is 16.9 Å². The second kappa shape index (κ2) is 19.2. The molecule has 4 aliphatic carbocycles. The molecule has 0 amide bonds. The molecule has 0 bridgehead atoms. The normalized spacial score (nSPS) is 16.9. The summed E-state index contributed by atoms with van der Waals surface area (Å²) in [5, 5.41) is 1.12. The number of pyridine rings is 3. The van der Waals surface area contributed by atoms with Crippen LogP contribution in [0.5, 0.6) is 0 Å². The van der Waals surface area contributed by atoms with E-state index in [1.807, 2.05) is 30.9 Å². The smallest absolute Gasteiger partial charge is 0.138 e. The van der Waals surface area contributed by atoms with Crippen molar-refractivity contribution >= 4 is 69.5 Å². The molecule has 10 aromatic rings. The van der Waals surface area contributed by atoms with Crippen LogP contribution in [0.1, 0.15) is 104 Å². The van der Waals surface area contributed by atoms with Gasteiger partial charge in [-0.1, -0.05) is 187 Å². The molecule has 3 aromatic heterocycles. The summed E-state index contributed by atoms with van der Waals surface area (Å²) in [6.45, 7) is 14.2. The fraction of sp³-hybridized carbons (Fsp3) is 0.143. The summed E-state index contributed by atoms with van der Waals surface area (Å²) >= 11 is 0. The monoisotopic (exact) mass is 1070 g/mol. The van der Waals surface area contributed by atoms with E-state index < -0.39 is 0 Å². The molecule has 0 fully saturated rings. The summed E-state index contributed by atoms with van der Waals surface area (Å²) in [6.07, 6.45) is 28.3. The molecule has 83 heavy (non-hydrogen) atoms. The van der Waals surface area contributed by atoms with Gasteiger partial charge in [-0.15, -0.1) is 0 Å². The van der Waals surface area contributed by atoms with Crippen molar-refractivity contribution < 1.29 is 0 Å². The van der Waals surface area contributed by atoms with Crippen LogP contribution in [0.2, 0.25) is 0 Å². The molecule has 0 N–H and O–H groups in total. The molecule has 1 aliphatic heterocycles. The van der Waals surface area contributed by atoms with E-state index in [4.69, 9.17) is 9.98 Å². The van der Waals surface area contributed by atoms with Gasteiger partial charge in [-0.2, -0.15) is 0 Å². The number of nitrogens with zero attached hydrogens (tertiary/aromatic N) is 6. The SMILES string of the molecule is CC1(C)c2cc(/C=C/c3ccc4c(c3)C(C)(C)c3cc(N(C5=CCC6C=CC=CC6=N5)c5ccncc5)ccc3-4)ccc2-c2ccc(/C=C/c3ccc4c(c3)C(C)(C)c3cc(N(c5ccncc5)c5ccc6ccccc6n5)ccc3-4)cc21. The number of hydrogen-bond acceptors (Lipinski definition) is 6. The van der Waals surface area contributed by atoms with Crippen molar-refractivity contribution in [3.63, 3.8) is 0 Å². The molecule has 7 aromatic carbocycles. The van der Waals surface area contributed by atoms with Gasteiger partial charge in [0, 0.05) is 69.4 Å². The summed E-state index contributed by atoms with van der Waals surface area (Å²) in [5.41, 5.74) is 26.3. The molecule has 0 radical (unpaired) electrons. The Balaban J connectivity index is 0.661. The van der Waals surface area contributed by atoms with Crippen LogP contribution >= 0.6 is 0 Å². The minimum atomic E-state index is -0.219. The van der Waals surface area contributed by atoms with Gasteiger partial charge in [0.2, 0.25) is 0 Å². The molecular weight excluding hydrogens is 1010 g/mol. The van der Waals surface area contributed by atoms with E-state index >= 15 is 0 Å². The van der Waals surface area contributed by atoms with E-state index in [0.29, 0.717) is 5.92 Å². The van der Waals surface area contributed by atoms with Gasteiger partial charge in [-0.05, 0) is 174 Å². The van der Waals surface area contributed by atoms with E-state index in [-0.39, 0.29) is 16.2 Å². The Morgan fingerprint density at radius 3 is 1.35 bits per heavy atom. The Morgan fingerprint density at radius 2 is 0.855 bits per heavy atom. The van der Waals surface area contributed by atoms with Crippen molar-refractivity contribution in [2.45, 2.75) is 64.2 Å². The minimum absolute atomic E-state index is 0.166. The zero-order valence-corrected chi connectivity index (χ0v) is 47.6. The van der Waals surface area contributed by atoms with E-state index in [1.54, 1.807) is 0 Å². The van der Waals surface area contributed by atoms with Crippen LogP contribution in [0.15, 0.2) is 236 Å². The van der Waals surface area contributed by atoms with Crippen molar-refractivity contribution in [1.29, 1.82) is 0 Å². The molecule has 6 nitrogen and oxygen atoms in total. The molecule has 1 atom stereocenters. The lowest BCUT2D eigenvalue weighted by Gasteiger charge is -2.30. The third-order valence-corrected chi connectivity index (χ3v) is 18.3. The second-order valence-corrected chi connectivity index (χ2v) is 24.4. The molecule has 4 heterocycles. The summed E-state index contributed by atoms with van der Waals surface area (Å²) in [4.78, 5) is 23.6. The summed E-state index contributed by atoms with van der Waals surface area (Å²) in [7, 11) is 0. The van der Waals surface area contributed by atoms with Crippen molar-refractivity contribution in [2.24, 2.45) is 10.9 Å². The number of para-hydroxylation sites is 1. The highest BCUT2D eigenvalue weighted by atomic mass is 15.2. The Labute approximate surface area is 486 Å². The highest BCUT2D eigenvalue weighted by molar-refractivity contribution is 6.01. The predicted molar refractivity (Wildman–Crippen MR) is 346 cm³/mol. The van der Waals surface area contributed by atoms with Gasteiger partial charge in [0.1, 0.15) is 11.6 Å². The molecular formula is C77H62N6. The largest absolute Gasteiger partial charge is 0.295 e. The molecule has 6 heteroatoms. The maximum absolute atomic E-state index is 5.21. The zero-order chi connectivity index (χ0) is 56.2. The average molecular weight is 1070 g/mol. The lowest BCUT2D eigenvalue weighted by atomic mass is 9.81. The van der Waals surface area contributed by atoms with Crippen LogP contribution in [0.25, 0.3) is 68.6 Å². The highest BCUT2D eigenvalue weighted by Crippen LogP contribution is 2.54. The van der Waals surface area contributed by atoms with Crippen molar-refractivity contribution in [3.8, 4) is 33.4 Å². The lowest BCUT2D eigenvalue weighted by molar-refractivity contribution is 0.660. The Kier molecular flexibility index (Phi) is 11.6. The first-order valence-corrected chi connectivity index (χ1v) is 29.0. The van der Waals surface area contributed by atoms with Gasteiger partial charge in [0.15, 0.2) is 0 Å². The minimum Gasteiger partial charge on any atom is -0.295 e. The van der Waals surface area contributed by atoms with Crippen LogP contribution < -0.4 is 9.80 Å². The highest BCUT2D eigenvalue weighted by Gasteiger charge is 2.39. The van der Waals surface area contributed by atoms with Crippen molar-refractivity contribution in [2.75, 3.05) is 9.80 Å². The number of anilines is 5. The number of aliphatic imine (C=N–C) groups is 1. The number of fused-ring (bicyclic) bond motifs is 11. The number of allylic oxidation sites excluding steroid dienone is 5. The quantitative estimate of drug-likeness (QED) is 0.128. The topological polar surface area (TPSA) is 57.5 Å². The number of hydrogen-bond donors (Lipinski definition) is 0. The van der Waals surface area contributed by atoms with Crippen LogP contribution in [-0.2, 0) is 16.2 Å². The summed E-state index contributed by atoms with van der Waals surface area (Å²) in [5.74, 6) is 2.14. The fourth-order valence-corrected chi connectivity index (χ4v) is 13.8. The van der Waals surface area contributed by atoms with Crippen LogP contribution in [0, 0.1) is 5.92 Å². The lowest BCUT2D eigenvalue weighted by Crippen LogP contribution is -2.23. The molecule has 400 valence electrons. The first kappa shape index (κ1) is 50.2. The molecule has 0 saturated heterocycles. The van der Waals surface area contributed by atoms with Crippen molar-refractivity contribution in [3.05, 3.63) is 286 Å². The third-order valence-electron chi connectivity index (χ3n) is 18.3. The average Bonchev–Trinajstić information content (AvgIpc) is 3.68. The zero-order valence-electron chi connectivity index (χ0n) is 47.6. The van der Waals surface area contributed by atoms with Crippen LogP contribution in [0.4, 0.5) is 28.6 Å². The predicted octanol–water partition coefficient (Wildman–Crippen LogP) is 19.3. The van der Waals surface area contributed by atoms with E-state index in [1.165, 1.54) is 89.0 Å².